The van der Waals surface area contributed by atoms with E-state index in [4.69, 9.17) is 0 Å². The summed E-state index contributed by atoms with van der Waals surface area (Å²) in [6, 6.07) is 15.0. The molecule has 0 saturated carbocycles. The molecule has 0 radical (unpaired) electrons. The van der Waals surface area contributed by atoms with E-state index in [1.807, 2.05) is 44.2 Å². The fourth-order valence-corrected chi connectivity index (χ4v) is 3.84. The number of halogens is 1. The molecule has 0 aliphatic carbocycles. The van der Waals surface area contributed by atoms with Crippen LogP contribution >= 0.6 is 11.8 Å². The molecule has 32 heavy (non-hydrogen) atoms. The van der Waals surface area contributed by atoms with E-state index in [9.17, 15) is 14.0 Å². The van der Waals surface area contributed by atoms with E-state index in [0.717, 1.165) is 5.56 Å². The van der Waals surface area contributed by atoms with Crippen molar-refractivity contribution in [3.05, 3.63) is 77.4 Å². The Hall–Kier alpha value is -3.20. The van der Waals surface area contributed by atoms with Crippen LogP contribution in [-0.2, 0) is 18.4 Å². The number of carbonyl (C=O) groups is 2. The number of thioether (sulfide) groups is 1. The quantitative estimate of drug-likeness (QED) is 0.482. The number of carbonyl (C=O) groups excluding carboxylic acids is 2. The molecule has 2 amide bonds. The molecule has 0 aliphatic heterocycles. The molecule has 1 aromatic heterocycles. The van der Waals surface area contributed by atoms with Crippen molar-refractivity contribution in [1.82, 2.24) is 25.4 Å². The van der Waals surface area contributed by atoms with Crippen molar-refractivity contribution in [3.63, 3.8) is 0 Å². The summed E-state index contributed by atoms with van der Waals surface area (Å²) in [6.45, 7) is 4.33. The Labute approximate surface area is 190 Å². The Morgan fingerprint density at radius 2 is 1.75 bits per heavy atom. The van der Waals surface area contributed by atoms with E-state index in [1.165, 1.54) is 30.0 Å². The molecule has 0 saturated heterocycles. The van der Waals surface area contributed by atoms with E-state index < -0.39 is 17.8 Å². The van der Waals surface area contributed by atoms with Crippen LogP contribution in [0.15, 0.2) is 59.8 Å². The lowest BCUT2D eigenvalue weighted by Crippen LogP contribution is -2.34. The number of nitrogens with zero attached hydrogens (tertiary/aromatic N) is 3. The van der Waals surface area contributed by atoms with Gasteiger partial charge in [0.2, 0.25) is 5.91 Å². The molecular weight excluding hydrogens is 429 g/mol. The van der Waals surface area contributed by atoms with Crippen molar-refractivity contribution in [2.75, 3.05) is 5.75 Å². The van der Waals surface area contributed by atoms with E-state index in [-0.39, 0.29) is 23.1 Å². The van der Waals surface area contributed by atoms with Gasteiger partial charge < -0.3 is 15.2 Å². The molecule has 3 aromatic rings. The van der Waals surface area contributed by atoms with Crippen molar-refractivity contribution in [2.24, 2.45) is 13.0 Å². The third-order valence-electron chi connectivity index (χ3n) is 4.88. The normalized spacial score (nSPS) is 11.9. The van der Waals surface area contributed by atoms with Gasteiger partial charge in [-0.3, -0.25) is 9.59 Å². The predicted octanol–water partition coefficient (Wildman–Crippen LogP) is 3.49. The third kappa shape index (κ3) is 5.94. The standard InChI is InChI=1S/C23H26FN5O2S/c1-15(2)20(26-22(31)17-11-7-8-12-18(17)24)21-27-28-23(29(21)3)32-14-19(30)25-13-16-9-5-4-6-10-16/h4-12,15,20H,13-14H2,1-3H3,(H,25,30)(H,26,31). The van der Waals surface area contributed by atoms with E-state index >= 15 is 0 Å². The van der Waals surface area contributed by atoms with Crippen LogP contribution in [0, 0.1) is 11.7 Å². The molecule has 0 spiro atoms. The third-order valence-corrected chi connectivity index (χ3v) is 5.90. The van der Waals surface area contributed by atoms with Crippen molar-refractivity contribution >= 4 is 23.6 Å². The van der Waals surface area contributed by atoms with Crippen LogP contribution in [0.25, 0.3) is 0 Å². The number of amides is 2. The average molecular weight is 456 g/mol. The van der Waals surface area contributed by atoms with Crippen LogP contribution in [0.5, 0.6) is 0 Å². The van der Waals surface area contributed by atoms with Gasteiger partial charge in [0.05, 0.1) is 17.4 Å². The molecule has 1 atom stereocenters. The van der Waals surface area contributed by atoms with Gasteiger partial charge in [-0.2, -0.15) is 0 Å². The number of rotatable bonds is 9. The topological polar surface area (TPSA) is 88.9 Å². The first kappa shape index (κ1) is 23.5. The maximum Gasteiger partial charge on any atom is 0.254 e. The lowest BCUT2D eigenvalue weighted by atomic mass is 10.0. The zero-order chi connectivity index (χ0) is 23.1. The van der Waals surface area contributed by atoms with Crippen LogP contribution in [0.3, 0.4) is 0 Å². The average Bonchev–Trinajstić information content (AvgIpc) is 3.15. The summed E-state index contributed by atoms with van der Waals surface area (Å²) in [5.74, 6) is -0.496. The van der Waals surface area contributed by atoms with Gasteiger partial charge in [-0.1, -0.05) is 68.1 Å². The molecule has 3 rings (SSSR count). The number of hydrogen-bond donors (Lipinski definition) is 2. The minimum Gasteiger partial charge on any atom is -0.351 e. The molecule has 0 fully saturated rings. The van der Waals surface area contributed by atoms with E-state index in [1.54, 1.807) is 17.7 Å². The lowest BCUT2D eigenvalue weighted by Gasteiger charge is -2.21. The SMILES string of the molecule is CC(C)C(NC(=O)c1ccccc1F)c1nnc(SCC(=O)NCc2ccccc2)n1C. The largest absolute Gasteiger partial charge is 0.351 e. The second-order valence-corrected chi connectivity index (χ2v) is 8.57. The van der Waals surface area contributed by atoms with Crippen LogP contribution in [0.2, 0.25) is 0 Å². The number of nitrogens with one attached hydrogen (secondary N) is 2. The number of aromatic nitrogens is 3. The van der Waals surface area contributed by atoms with Crippen molar-refractivity contribution in [3.8, 4) is 0 Å². The smallest absolute Gasteiger partial charge is 0.254 e. The highest BCUT2D eigenvalue weighted by Crippen LogP contribution is 2.24. The Morgan fingerprint density at radius 3 is 2.44 bits per heavy atom. The van der Waals surface area contributed by atoms with Crippen LogP contribution < -0.4 is 10.6 Å². The molecule has 0 aliphatic rings. The minimum atomic E-state index is -0.580. The van der Waals surface area contributed by atoms with Gasteiger partial charge >= 0.3 is 0 Å². The first-order chi connectivity index (χ1) is 15.4. The second kappa shape index (κ2) is 10.9. The van der Waals surface area contributed by atoms with E-state index in [0.29, 0.717) is 17.5 Å². The van der Waals surface area contributed by atoms with Crippen LogP contribution in [0.4, 0.5) is 4.39 Å². The van der Waals surface area contributed by atoms with Gasteiger partial charge in [0.15, 0.2) is 11.0 Å². The van der Waals surface area contributed by atoms with Crippen molar-refractivity contribution in [1.29, 1.82) is 0 Å². The summed E-state index contributed by atoms with van der Waals surface area (Å²) >= 11 is 1.26. The zero-order valence-electron chi connectivity index (χ0n) is 18.2. The fourth-order valence-electron chi connectivity index (χ4n) is 3.09. The molecule has 2 N–H and O–H groups in total. The number of benzene rings is 2. The van der Waals surface area contributed by atoms with Crippen molar-refractivity contribution in [2.45, 2.75) is 31.6 Å². The van der Waals surface area contributed by atoms with E-state index in [2.05, 4.69) is 20.8 Å². The van der Waals surface area contributed by atoms with Gasteiger partial charge in [-0.05, 0) is 23.6 Å². The first-order valence-electron chi connectivity index (χ1n) is 10.2. The fraction of sp³-hybridized carbons (Fsp3) is 0.304. The predicted molar refractivity (Wildman–Crippen MR) is 121 cm³/mol. The van der Waals surface area contributed by atoms with Crippen LogP contribution in [-0.4, -0.2) is 32.3 Å². The zero-order valence-corrected chi connectivity index (χ0v) is 19.0. The maximum atomic E-state index is 14.0. The highest BCUT2D eigenvalue weighted by Gasteiger charge is 2.26. The summed E-state index contributed by atoms with van der Waals surface area (Å²) in [5.41, 5.74) is 1.00. The Balaban J connectivity index is 1.62. The summed E-state index contributed by atoms with van der Waals surface area (Å²) in [6.07, 6.45) is 0. The molecular formula is C23H26FN5O2S. The highest BCUT2D eigenvalue weighted by atomic mass is 32.2. The summed E-state index contributed by atoms with van der Waals surface area (Å²) in [7, 11) is 1.78. The minimum absolute atomic E-state index is 0.0133. The van der Waals surface area contributed by atoms with Gasteiger partial charge in [0.25, 0.3) is 5.91 Å². The van der Waals surface area contributed by atoms with Crippen molar-refractivity contribution < 1.29 is 14.0 Å². The van der Waals surface area contributed by atoms with Crippen LogP contribution in [0.1, 0.15) is 41.6 Å². The van der Waals surface area contributed by atoms with Gasteiger partial charge in [-0.15, -0.1) is 10.2 Å². The molecule has 2 aromatic carbocycles. The Morgan fingerprint density at radius 1 is 1.06 bits per heavy atom. The lowest BCUT2D eigenvalue weighted by molar-refractivity contribution is -0.118. The molecule has 0 bridgehead atoms. The van der Waals surface area contributed by atoms with Gasteiger partial charge in [0.1, 0.15) is 5.82 Å². The number of hydrogen-bond acceptors (Lipinski definition) is 5. The molecule has 168 valence electrons. The molecule has 1 heterocycles. The summed E-state index contributed by atoms with van der Waals surface area (Å²) < 4.78 is 15.7. The maximum absolute atomic E-state index is 14.0. The first-order valence-corrected chi connectivity index (χ1v) is 11.2. The summed E-state index contributed by atoms with van der Waals surface area (Å²) in [4.78, 5) is 24.8. The second-order valence-electron chi connectivity index (χ2n) is 7.63. The molecule has 1 unspecified atom stereocenters. The Kier molecular flexibility index (Phi) is 7.99. The highest BCUT2D eigenvalue weighted by molar-refractivity contribution is 7.99. The molecule has 9 heteroatoms. The molecule has 7 nitrogen and oxygen atoms in total. The summed E-state index contributed by atoms with van der Waals surface area (Å²) in [5, 5.41) is 14.7. The monoisotopic (exact) mass is 455 g/mol. The van der Waals surface area contributed by atoms with Gasteiger partial charge in [-0.25, -0.2) is 4.39 Å². The van der Waals surface area contributed by atoms with Gasteiger partial charge in [0, 0.05) is 13.6 Å². The Bertz CT molecular complexity index is 1070.